The number of carbonyl (C=O) groups is 1. The van der Waals surface area contributed by atoms with Crippen LogP contribution in [0.3, 0.4) is 0 Å². The fourth-order valence-electron chi connectivity index (χ4n) is 4.39. The number of β-amino-alcohol motifs (C(OH)–C–C–N with tert-alkyl or cyclic N) is 1. The van der Waals surface area contributed by atoms with Crippen LogP contribution in [0.15, 0.2) is 18.2 Å². The molecule has 23 heavy (non-hydrogen) atoms. The average molecular weight is 315 g/mol. The van der Waals surface area contributed by atoms with E-state index in [4.69, 9.17) is 0 Å². The minimum Gasteiger partial charge on any atom is -0.395 e. The Hall–Kier alpha value is -1.35. The monoisotopic (exact) mass is 315 g/mol. The summed E-state index contributed by atoms with van der Waals surface area (Å²) in [5.41, 5.74) is 3.57. The van der Waals surface area contributed by atoms with E-state index in [0.29, 0.717) is 18.2 Å². The summed E-state index contributed by atoms with van der Waals surface area (Å²) in [7, 11) is 0. The molecule has 0 spiro atoms. The maximum Gasteiger partial charge on any atom is 0.142 e. The van der Waals surface area contributed by atoms with Crippen LogP contribution in [0.5, 0.6) is 0 Å². The summed E-state index contributed by atoms with van der Waals surface area (Å²) in [6.45, 7) is 3.60. The first kappa shape index (κ1) is 16.5. The number of hydrogen-bond donors (Lipinski definition) is 1. The van der Waals surface area contributed by atoms with E-state index in [1.807, 2.05) is 0 Å². The summed E-state index contributed by atoms with van der Waals surface area (Å²) in [6.07, 6.45) is 8.43. The van der Waals surface area contributed by atoms with Gasteiger partial charge in [0.1, 0.15) is 5.78 Å². The van der Waals surface area contributed by atoms with E-state index in [1.54, 1.807) is 0 Å². The van der Waals surface area contributed by atoms with E-state index in [0.717, 1.165) is 18.7 Å². The largest absolute Gasteiger partial charge is 0.395 e. The summed E-state index contributed by atoms with van der Waals surface area (Å²) < 4.78 is 0. The number of fused-ring (bicyclic) bond motifs is 1. The number of ketones is 1. The van der Waals surface area contributed by atoms with Crippen molar-refractivity contribution in [2.75, 3.05) is 24.6 Å². The maximum atomic E-state index is 13.0. The molecule has 0 saturated heterocycles. The number of aliphatic hydroxyl groups excluding tert-OH is 1. The fraction of sp³-hybridized carbons (Fsp3) is 0.650. The van der Waals surface area contributed by atoms with Gasteiger partial charge in [-0.3, -0.25) is 4.79 Å². The highest BCUT2D eigenvalue weighted by molar-refractivity contribution is 5.91. The van der Waals surface area contributed by atoms with Crippen molar-refractivity contribution >= 4 is 11.5 Å². The van der Waals surface area contributed by atoms with Crippen LogP contribution in [0.1, 0.15) is 62.0 Å². The average Bonchev–Trinajstić information content (AvgIpc) is 2.73. The number of Topliss-reactive ketones (excluding diaryl/α,β-unsaturated/α-hetero) is 1. The molecule has 1 aliphatic carbocycles. The fourth-order valence-corrected chi connectivity index (χ4v) is 4.39. The van der Waals surface area contributed by atoms with Gasteiger partial charge in [0.25, 0.3) is 0 Å². The molecule has 3 rings (SSSR count). The molecule has 1 aromatic rings. The van der Waals surface area contributed by atoms with Gasteiger partial charge in [0.05, 0.1) is 12.5 Å². The third-order valence-corrected chi connectivity index (χ3v) is 5.62. The third-order valence-electron chi connectivity index (χ3n) is 5.62. The summed E-state index contributed by atoms with van der Waals surface area (Å²) in [4.78, 5) is 15.2. The first-order valence-electron chi connectivity index (χ1n) is 9.18. The lowest BCUT2D eigenvalue weighted by molar-refractivity contribution is -0.121. The zero-order chi connectivity index (χ0) is 16.2. The standard InChI is InChI=1S/C20H29NO2/c1-15-7-6-10-18-20(15)17(14-21(18)11-12-22)19(23)13-16-8-4-2-3-5-9-16/h6-7,10,16-17,22H,2-5,8-9,11-14H2,1H3. The maximum absolute atomic E-state index is 13.0. The highest BCUT2D eigenvalue weighted by Gasteiger charge is 2.35. The minimum atomic E-state index is 0.000929. The molecule has 1 fully saturated rings. The molecule has 1 N–H and O–H groups in total. The number of carbonyl (C=O) groups excluding carboxylic acids is 1. The van der Waals surface area contributed by atoms with E-state index in [9.17, 15) is 9.90 Å². The Bertz CT molecular complexity index is 547. The van der Waals surface area contributed by atoms with Crippen molar-refractivity contribution < 1.29 is 9.90 Å². The second-order valence-electron chi connectivity index (χ2n) is 7.26. The number of benzene rings is 1. The molecule has 3 nitrogen and oxygen atoms in total. The molecule has 0 bridgehead atoms. The molecule has 0 aromatic heterocycles. The number of anilines is 1. The zero-order valence-electron chi connectivity index (χ0n) is 14.3. The zero-order valence-corrected chi connectivity index (χ0v) is 14.3. The molecule has 0 radical (unpaired) electrons. The van der Waals surface area contributed by atoms with Gasteiger partial charge < -0.3 is 10.0 Å². The molecule has 1 atom stereocenters. The molecule has 1 aliphatic heterocycles. The van der Waals surface area contributed by atoms with Crippen LogP contribution in [0.2, 0.25) is 0 Å². The lowest BCUT2D eigenvalue weighted by Gasteiger charge is -2.19. The van der Waals surface area contributed by atoms with Crippen LogP contribution in [0.25, 0.3) is 0 Å². The molecule has 1 aromatic carbocycles. The summed E-state index contributed by atoms with van der Waals surface area (Å²) in [5, 5.41) is 9.31. The second-order valence-corrected chi connectivity index (χ2v) is 7.26. The quantitative estimate of drug-likeness (QED) is 0.840. The van der Waals surface area contributed by atoms with Crippen molar-refractivity contribution in [3.8, 4) is 0 Å². The van der Waals surface area contributed by atoms with E-state index in [1.165, 1.54) is 49.7 Å². The summed E-state index contributed by atoms with van der Waals surface area (Å²) >= 11 is 0. The number of aryl methyl sites for hydroxylation is 1. The predicted octanol–water partition coefficient (Wildman–Crippen LogP) is 3.82. The molecule has 1 heterocycles. The van der Waals surface area contributed by atoms with E-state index in [2.05, 4.69) is 30.0 Å². The Kier molecular flexibility index (Phi) is 5.37. The van der Waals surface area contributed by atoms with Crippen molar-refractivity contribution in [2.45, 2.75) is 57.8 Å². The van der Waals surface area contributed by atoms with Crippen LogP contribution >= 0.6 is 0 Å². The van der Waals surface area contributed by atoms with Gasteiger partial charge in [0, 0.05) is 25.2 Å². The predicted molar refractivity (Wildman–Crippen MR) is 94.0 cm³/mol. The van der Waals surface area contributed by atoms with Gasteiger partial charge in [-0.1, -0.05) is 50.7 Å². The molecule has 2 aliphatic rings. The molecule has 3 heteroatoms. The lowest BCUT2D eigenvalue weighted by Crippen LogP contribution is -2.28. The summed E-state index contributed by atoms with van der Waals surface area (Å²) in [5.74, 6) is 0.998. The molecule has 1 unspecified atom stereocenters. The van der Waals surface area contributed by atoms with Gasteiger partial charge in [-0.2, -0.15) is 0 Å². The van der Waals surface area contributed by atoms with E-state index in [-0.39, 0.29) is 12.5 Å². The highest BCUT2D eigenvalue weighted by Crippen LogP contribution is 2.40. The first-order chi connectivity index (χ1) is 11.2. The lowest BCUT2D eigenvalue weighted by atomic mass is 9.86. The Balaban J connectivity index is 1.76. The van der Waals surface area contributed by atoms with Crippen LogP contribution in [0.4, 0.5) is 5.69 Å². The Labute approximate surface area is 139 Å². The molecule has 126 valence electrons. The van der Waals surface area contributed by atoms with Crippen molar-refractivity contribution in [1.29, 1.82) is 0 Å². The normalized spacial score (nSPS) is 22.0. The Morgan fingerprint density at radius 2 is 1.96 bits per heavy atom. The third kappa shape index (κ3) is 3.60. The van der Waals surface area contributed by atoms with Gasteiger partial charge in [0.15, 0.2) is 0 Å². The van der Waals surface area contributed by atoms with Gasteiger partial charge in [0.2, 0.25) is 0 Å². The first-order valence-corrected chi connectivity index (χ1v) is 9.18. The number of hydrogen-bond acceptors (Lipinski definition) is 3. The molecule has 1 saturated carbocycles. The van der Waals surface area contributed by atoms with Crippen LogP contribution in [-0.2, 0) is 4.79 Å². The second kappa shape index (κ2) is 7.48. The van der Waals surface area contributed by atoms with Gasteiger partial charge in [-0.25, -0.2) is 0 Å². The smallest absolute Gasteiger partial charge is 0.142 e. The van der Waals surface area contributed by atoms with Crippen LogP contribution < -0.4 is 4.90 Å². The van der Waals surface area contributed by atoms with E-state index >= 15 is 0 Å². The Morgan fingerprint density at radius 3 is 2.65 bits per heavy atom. The van der Waals surface area contributed by atoms with Gasteiger partial charge >= 0.3 is 0 Å². The number of rotatable bonds is 5. The van der Waals surface area contributed by atoms with Gasteiger partial charge in [-0.15, -0.1) is 0 Å². The van der Waals surface area contributed by atoms with Crippen molar-refractivity contribution in [1.82, 2.24) is 0 Å². The van der Waals surface area contributed by atoms with Crippen molar-refractivity contribution in [3.63, 3.8) is 0 Å². The number of aliphatic hydroxyl groups is 1. The molecular formula is C20H29NO2. The van der Waals surface area contributed by atoms with Crippen LogP contribution in [-0.4, -0.2) is 30.6 Å². The van der Waals surface area contributed by atoms with Crippen molar-refractivity contribution in [3.05, 3.63) is 29.3 Å². The Morgan fingerprint density at radius 1 is 1.22 bits per heavy atom. The summed E-state index contributed by atoms with van der Waals surface area (Å²) in [6, 6.07) is 6.25. The minimum absolute atomic E-state index is 0.000929. The topological polar surface area (TPSA) is 40.5 Å². The van der Waals surface area contributed by atoms with E-state index < -0.39 is 0 Å². The van der Waals surface area contributed by atoms with Gasteiger partial charge in [-0.05, 0) is 30.0 Å². The SMILES string of the molecule is Cc1cccc2c1C(C(=O)CC1CCCCCC1)CN2CCO. The molecule has 0 amide bonds. The number of nitrogens with zero attached hydrogens (tertiary/aromatic N) is 1. The molecular weight excluding hydrogens is 286 g/mol. The highest BCUT2D eigenvalue weighted by atomic mass is 16.3. The van der Waals surface area contributed by atoms with Crippen molar-refractivity contribution in [2.24, 2.45) is 5.92 Å². The van der Waals surface area contributed by atoms with Crippen LogP contribution in [0, 0.1) is 12.8 Å².